The van der Waals surface area contributed by atoms with Crippen LogP contribution in [0.4, 0.5) is 0 Å². The molecule has 1 aromatic carbocycles. The fourth-order valence-corrected chi connectivity index (χ4v) is 1.45. The molecule has 0 aliphatic carbocycles. The normalized spacial score (nSPS) is 11.1. The minimum Gasteiger partial charge on any atom is -0.509 e. The zero-order valence-electron chi connectivity index (χ0n) is 9.19. The summed E-state index contributed by atoms with van der Waals surface area (Å²) in [5.41, 5.74) is 1.98. The lowest BCUT2D eigenvalue weighted by Gasteiger charge is -2.03. The van der Waals surface area contributed by atoms with E-state index in [-0.39, 0.29) is 11.5 Å². The quantitative estimate of drug-likeness (QED) is 0.584. The van der Waals surface area contributed by atoms with Crippen LogP contribution in [-0.4, -0.2) is 10.2 Å². The molecule has 0 heterocycles. The molecule has 0 aliphatic rings. The Kier molecular flexibility index (Phi) is 4.40. The Bertz CT molecular complexity index is 416. The van der Waals surface area contributed by atoms with Gasteiger partial charge in [-0.1, -0.05) is 31.4 Å². The summed E-state index contributed by atoms with van der Waals surface area (Å²) in [4.78, 5) is 0. The molecule has 0 radical (unpaired) electrons. The molecule has 2 heteroatoms. The van der Waals surface area contributed by atoms with Gasteiger partial charge in [-0.15, -0.1) is 0 Å². The van der Waals surface area contributed by atoms with Gasteiger partial charge in [-0.25, -0.2) is 0 Å². The van der Waals surface area contributed by atoms with Crippen LogP contribution >= 0.6 is 0 Å². The molecule has 1 aromatic rings. The van der Waals surface area contributed by atoms with Gasteiger partial charge in [0.2, 0.25) is 0 Å². The molecule has 2 N–H and O–H groups in total. The van der Waals surface area contributed by atoms with Crippen LogP contribution < -0.4 is 0 Å². The standard InChI is InChI=1S/C14H16O2/c1-3-12(9-11(2)15)7-8-13-5-4-6-14(16)10-13/h3-6,9-10,15-16H,1-2,7-8H2/b12-9+. The Morgan fingerprint density at radius 3 is 2.69 bits per heavy atom. The van der Waals surface area contributed by atoms with Crippen molar-refractivity contribution in [1.82, 2.24) is 0 Å². The number of hydrogen-bond donors (Lipinski definition) is 2. The average Bonchev–Trinajstić information content (AvgIpc) is 2.24. The van der Waals surface area contributed by atoms with E-state index in [0.717, 1.165) is 24.0 Å². The summed E-state index contributed by atoms with van der Waals surface area (Å²) >= 11 is 0. The number of phenolic OH excluding ortho intramolecular Hbond substituents is 1. The van der Waals surface area contributed by atoms with Crippen LogP contribution in [0.15, 0.2) is 60.9 Å². The first-order valence-corrected chi connectivity index (χ1v) is 5.10. The number of allylic oxidation sites excluding steroid dienone is 3. The second-order valence-electron chi connectivity index (χ2n) is 3.58. The highest BCUT2D eigenvalue weighted by Gasteiger charge is 1.97. The van der Waals surface area contributed by atoms with E-state index in [0.29, 0.717) is 0 Å². The van der Waals surface area contributed by atoms with Crippen molar-refractivity contribution in [3.63, 3.8) is 0 Å². The van der Waals surface area contributed by atoms with Crippen molar-refractivity contribution in [2.24, 2.45) is 0 Å². The minimum absolute atomic E-state index is 0.0332. The molecule has 0 atom stereocenters. The summed E-state index contributed by atoms with van der Waals surface area (Å²) in [5, 5.41) is 18.3. The lowest BCUT2D eigenvalue weighted by molar-refractivity contribution is 0.434. The first-order valence-electron chi connectivity index (χ1n) is 5.10. The number of hydrogen-bond acceptors (Lipinski definition) is 2. The van der Waals surface area contributed by atoms with Crippen LogP contribution in [0.3, 0.4) is 0 Å². The molecule has 0 aliphatic heterocycles. The molecule has 0 saturated carbocycles. The SMILES string of the molecule is C=C/C(=C\C(=C)O)CCc1cccc(O)c1. The number of benzene rings is 1. The summed E-state index contributed by atoms with van der Waals surface area (Å²) < 4.78 is 0. The molecule has 2 nitrogen and oxygen atoms in total. The Morgan fingerprint density at radius 2 is 2.12 bits per heavy atom. The van der Waals surface area contributed by atoms with E-state index in [1.807, 2.05) is 12.1 Å². The summed E-state index contributed by atoms with van der Waals surface area (Å²) in [7, 11) is 0. The van der Waals surface area contributed by atoms with Crippen molar-refractivity contribution in [3.8, 4) is 5.75 Å². The van der Waals surface area contributed by atoms with Crippen LogP contribution in [0.5, 0.6) is 5.75 Å². The molecule has 0 amide bonds. The Hall–Kier alpha value is -1.96. The molecule has 0 bridgehead atoms. The molecular formula is C14H16O2. The van der Waals surface area contributed by atoms with E-state index in [1.54, 1.807) is 24.3 Å². The predicted molar refractivity (Wildman–Crippen MR) is 66.5 cm³/mol. The number of aromatic hydroxyl groups is 1. The summed E-state index contributed by atoms with van der Waals surface area (Å²) in [6.45, 7) is 7.08. The Morgan fingerprint density at radius 1 is 1.38 bits per heavy atom. The highest BCUT2D eigenvalue weighted by Crippen LogP contribution is 2.15. The fourth-order valence-electron chi connectivity index (χ4n) is 1.45. The molecule has 1 rings (SSSR count). The van der Waals surface area contributed by atoms with E-state index in [2.05, 4.69) is 13.2 Å². The van der Waals surface area contributed by atoms with Crippen LogP contribution in [0.25, 0.3) is 0 Å². The smallest absolute Gasteiger partial charge is 0.115 e. The van der Waals surface area contributed by atoms with Crippen molar-refractivity contribution in [2.45, 2.75) is 12.8 Å². The number of aliphatic hydroxyl groups excluding tert-OH is 1. The van der Waals surface area contributed by atoms with E-state index >= 15 is 0 Å². The van der Waals surface area contributed by atoms with Crippen molar-refractivity contribution < 1.29 is 10.2 Å². The lowest BCUT2D eigenvalue weighted by Crippen LogP contribution is -1.88. The molecule has 0 spiro atoms. The third-order valence-corrected chi connectivity index (χ3v) is 2.23. The summed E-state index contributed by atoms with van der Waals surface area (Å²) in [6.07, 6.45) is 4.84. The van der Waals surface area contributed by atoms with Crippen LogP contribution in [0.2, 0.25) is 0 Å². The van der Waals surface area contributed by atoms with E-state index in [4.69, 9.17) is 5.11 Å². The van der Waals surface area contributed by atoms with Gasteiger partial charge in [0.1, 0.15) is 11.5 Å². The van der Waals surface area contributed by atoms with Crippen molar-refractivity contribution in [2.75, 3.05) is 0 Å². The van der Waals surface area contributed by atoms with Gasteiger partial charge in [0, 0.05) is 0 Å². The maximum atomic E-state index is 9.29. The zero-order valence-corrected chi connectivity index (χ0v) is 9.19. The average molecular weight is 216 g/mol. The minimum atomic E-state index is 0.0332. The maximum absolute atomic E-state index is 9.29. The number of rotatable bonds is 5. The monoisotopic (exact) mass is 216 g/mol. The van der Waals surface area contributed by atoms with Gasteiger partial charge < -0.3 is 10.2 Å². The van der Waals surface area contributed by atoms with Gasteiger partial charge in [0.25, 0.3) is 0 Å². The molecule has 0 fully saturated rings. The Labute approximate surface area is 95.9 Å². The van der Waals surface area contributed by atoms with E-state index in [9.17, 15) is 5.11 Å². The fraction of sp³-hybridized carbons (Fsp3) is 0.143. The largest absolute Gasteiger partial charge is 0.509 e. The molecule has 84 valence electrons. The highest BCUT2D eigenvalue weighted by molar-refractivity contribution is 5.29. The molecule has 16 heavy (non-hydrogen) atoms. The van der Waals surface area contributed by atoms with Gasteiger partial charge in [0.15, 0.2) is 0 Å². The second kappa shape index (κ2) is 5.81. The van der Waals surface area contributed by atoms with Crippen LogP contribution in [-0.2, 0) is 6.42 Å². The van der Waals surface area contributed by atoms with Crippen LogP contribution in [0, 0.1) is 0 Å². The highest BCUT2D eigenvalue weighted by atomic mass is 16.3. The van der Waals surface area contributed by atoms with E-state index in [1.165, 1.54) is 0 Å². The number of phenols is 1. The third kappa shape index (κ3) is 4.05. The molecule has 0 unspecified atom stereocenters. The maximum Gasteiger partial charge on any atom is 0.115 e. The zero-order chi connectivity index (χ0) is 12.0. The predicted octanol–water partition coefficient (Wildman–Crippen LogP) is 3.51. The molecule has 0 saturated heterocycles. The first-order chi connectivity index (χ1) is 7.61. The van der Waals surface area contributed by atoms with Gasteiger partial charge >= 0.3 is 0 Å². The topological polar surface area (TPSA) is 40.5 Å². The third-order valence-electron chi connectivity index (χ3n) is 2.23. The van der Waals surface area contributed by atoms with Crippen molar-refractivity contribution in [1.29, 1.82) is 0 Å². The van der Waals surface area contributed by atoms with Crippen molar-refractivity contribution >= 4 is 0 Å². The van der Waals surface area contributed by atoms with Crippen LogP contribution in [0.1, 0.15) is 12.0 Å². The number of aliphatic hydroxyl groups is 1. The number of aryl methyl sites for hydroxylation is 1. The summed E-state index contributed by atoms with van der Waals surface area (Å²) in [5.74, 6) is 0.305. The lowest BCUT2D eigenvalue weighted by atomic mass is 10.0. The van der Waals surface area contributed by atoms with Gasteiger partial charge in [-0.3, -0.25) is 0 Å². The molecular weight excluding hydrogens is 200 g/mol. The van der Waals surface area contributed by atoms with Gasteiger partial charge in [0.05, 0.1) is 0 Å². The Balaban J connectivity index is 2.63. The van der Waals surface area contributed by atoms with Gasteiger partial charge in [-0.2, -0.15) is 0 Å². The second-order valence-corrected chi connectivity index (χ2v) is 3.58. The van der Waals surface area contributed by atoms with Crippen molar-refractivity contribution in [3.05, 3.63) is 66.5 Å². The molecule has 0 aromatic heterocycles. The first kappa shape index (κ1) is 12.1. The summed E-state index contributed by atoms with van der Waals surface area (Å²) in [6, 6.07) is 7.14. The van der Waals surface area contributed by atoms with E-state index < -0.39 is 0 Å². The van der Waals surface area contributed by atoms with Gasteiger partial charge in [-0.05, 0) is 42.2 Å².